The van der Waals surface area contributed by atoms with Gasteiger partial charge in [-0.25, -0.2) is 0 Å². The van der Waals surface area contributed by atoms with Crippen LogP contribution in [0.5, 0.6) is 0 Å². The van der Waals surface area contributed by atoms with Crippen LogP contribution in [0.1, 0.15) is 29.7 Å². The smallest absolute Gasteiger partial charge is 0.0995 e. The minimum Gasteiger partial charge on any atom is -0.303 e. The van der Waals surface area contributed by atoms with Crippen LogP contribution in [0.4, 0.5) is 0 Å². The van der Waals surface area contributed by atoms with Gasteiger partial charge in [-0.05, 0) is 43.6 Å². The monoisotopic (exact) mass is 335 g/mol. The third-order valence-corrected chi connectivity index (χ3v) is 5.38. The molecule has 3 heterocycles. The highest BCUT2D eigenvalue weighted by atomic mass is 15.3. The predicted octanol–water partition coefficient (Wildman–Crippen LogP) is 2.48. The van der Waals surface area contributed by atoms with E-state index in [0.717, 1.165) is 43.9 Å². The van der Waals surface area contributed by atoms with Crippen LogP contribution >= 0.6 is 0 Å². The zero-order valence-corrected chi connectivity index (χ0v) is 14.6. The molecule has 0 amide bonds. The first kappa shape index (κ1) is 16.3. The molecule has 25 heavy (non-hydrogen) atoms. The molecule has 0 N–H and O–H groups in total. The van der Waals surface area contributed by atoms with Crippen molar-refractivity contribution in [2.75, 3.05) is 26.2 Å². The molecule has 0 saturated carbocycles. The Bertz CT molecular complexity index is 753. The van der Waals surface area contributed by atoms with E-state index >= 15 is 0 Å². The predicted molar refractivity (Wildman–Crippen MR) is 96.7 cm³/mol. The van der Waals surface area contributed by atoms with Crippen LogP contribution in [0.2, 0.25) is 0 Å². The summed E-state index contributed by atoms with van der Waals surface area (Å²) in [4.78, 5) is 5.08. The van der Waals surface area contributed by atoms with E-state index in [1.54, 1.807) is 0 Å². The van der Waals surface area contributed by atoms with Crippen molar-refractivity contribution in [3.63, 3.8) is 0 Å². The fourth-order valence-electron chi connectivity index (χ4n) is 4.19. The van der Waals surface area contributed by atoms with Crippen LogP contribution in [0.25, 0.3) is 0 Å². The number of aromatic nitrogens is 2. The van der Waals surface area contributed by atoms with Gasteiger partial charge in [0.1, 0.15) is 0 Å². The zero-order chi connectivity index (χ0) is 17.1. The third kappa shape index (κ3) is 3.76. The fourth-order valence-corrected chi connectivity index (χ4v) is 4.19. The molecular formula is C20H25N5. The Morgan fingerprint density at radius 3 is 2.76 bits per heavy atom. The van der Waals surface area contributed by atoms with Gasteiger partial charge >= 0.3 is 0 Å². The Balaban J connectivity index is 1.53. The molecule has 1 aromatic carbocycles. The lowest BCUT2D eigenvalue weighted by molar-refractivity contribution is 0.182. The number of nitriles is 1. The van der Waals surface area contributed by atoms with Crippen molar-refractivity contribution in [3.8, 4) is 6.07 Å². The summed E-state index contributed by atoms with van der Waals surface area (Å²) < 4.78 is 2.18. The van der Waals surface area contributed by atoms with E-state index in [9.17, 15) is 5.26 Å². The van der Waals surface area contributed by atoms with Crippen molar-refractivity contribution in [2.24, 2.45) is 5.92 Å². The molecule has 1 aromatic heterocycles. The minimum absolute atomic E-state index is 0.577. The summed E-state index contributed by atoms with van der Waals surface area (Å²) in [5.74, 6) is 0.577. The van der Waals surface area contributed by atoms with Crippen molar-refractivity contribution < 1.29 is 0 Å². The van der Waals surface area contributed by atoms with Crippen LogP contribution in [0, 0.1) is 17.2 Å². The molecule has 2 aliphatic rings. The van der Waals surface area contributed by atoms with Gasteiger partial charge in [-0.2, -0.15) is 10.4 Å². The first-order valence-corrected chi connectivity index (χ1v) is 9.25. The summed E-state index contributed by atoms with van der Waals surface area (Å²) >= 11 is 0. The molecule has 4 rings (SSSR count). The largest absolute Gasteiger partial charge is 0.303 e. The van der Waals surface area contributed by atoms with Gasteiger partial charge in [0.25, 0.3) is 0 Å². The van der Waals surface area contributed by atoms with Crippen LogP contribution in [-0.4, -0.2) is 45.8 Å². The van der Waals surface area contributed by atoms with Crippen molar-refractivity contribution in [3.05, 3.63) is 53.3 Å². The van der Waals surface area contributed by atoms with Crippen molar-refractivity contribution >= 4 is 0 Å². The number of hydrogen-bond donors (Lipinski definition) is 0. The maximum Gasteiger partial charge on any atom is 0.0995 e. The van der Waals surface area contributed by atoms with Gasteiger partial charge in [-0.15, -0.1) is 0 Å². The molecule has 0 aliphatic carbocycles. The lowest BCUT2D eigenvalue weighted by atomic mass is 10.1. The molecule has 0 spiro atoms. The van der Waals surface area contributed by atoms with Crippen molar-refractivity contribution in [1.29, 1.82) is 5.26 Å². The van der Waals surface area contributed by atoms with Gasteiger partial charge < -0.3 is 4.90 Å². The van der Waals surface area contributed by atoms with Gasteiger partial charge in [0.05, 0.1) is 17.3 Å². The van der Waals surface area contributed by atoms with Crippen LogP contribution < -0.4 is 0 Å². The Morgan fingerprint density at radius 1 is 1.08 bits per heavy atom. The molecule has 1 fully saturated rings. The lowest BCUT2D eigenvalue weighted by Crippen LogP contribution is -2.35. The Labute approximate surface area is 149 Å². The minimum atomic E-state index is 0.577. The molecular weight excluding hydrogens is 310 g/mol. The molecule has 2 aromatic rings. The van der Waals surface area contributed by atoms with Gasteiger partial charge in [-0.3, -0.25) is 9.58 Å². The number of fused-ring (bicyclic) bond motifs is 1. The molecule has 0 bridgehead atoms. The molecule has 2 aliphatic heterocycles. The summed E-state index contributed by atoms with van der Waals surface area (Å²) in [6.07, 6.45) is 4.58. The standard InChI is InChI=1S/C20H25N5/c21-11-18-5-1-2-6-19(18)15-24-13-17(12-23-9-3-4-10-23)14-25-20(16-24)7-8-22-25/h1-2,5-8,17H,3-4,9-10,12-16H2/t17-/m0/s1. The zero-order valence-electron chi connectivity index (χ0n) is 14.6. The number of likely N-dealkylation sites (tertiary alicyclic amines) is 1. The average molecular weight is 335 g/mol. The normalized spacial score (nSPS) is 21.6. The Morgan fingerprint density at radius 2 is 1.92 bits per heavy atom. The number of benzene rings is 1. The van der Waals surface area contributed by atoms with E-state index in [2.05, 4.69) is 37.8 Å². The van der Waals surface area contributed by atoms with Crippen LogP contribution in [0.15, 0.2) is 36.5 Å². The second-order valence-electron chi connectivity index (χ2n) is 7.32. The molecule has 1 saturated heterocycles. The maximum absolute atomic E-state index is 9.38. The second-order valence-corrected chi connectivity index (χ2v) is 7.32. The third-order valence-electron chi connectivity index (χ3n) is 5.38. The highest BCUT2D eigenvalue weighted by Crippen LogP contribution is 2.21. The number of rotatable bonds is 4. The van der Waals surface area contributed by atoms with E-state index < -0.39 is 0 Å². The van der Waals surface area contributed by atoms with E-state index in [0.29, 0.717) is 5.92 Å². The first-order valence-electron chi connectivity index (χ1n) is 9.25. The van der Waals surface area contributed by atoms with E-state index in [4.69, 9.17) is 0 Å². The first-order chi connectivity index (χ1) is 12.3. The lowest BCUT2D eigenvalue weighted by Gasteiger charge is -2.27. The molecule has 0 unspecified atom stereocenters. The number of hydrogen-bond acceptors (Lipinski definition) is 4. The van der Waals surface area contributed by atoms with Gasteiger partial charge in [0, 0.05) is 44.8 Å². The average Bonchev–Trinajstić information content (AvgIpc) is 3.25. The summed E-state index contributed by atoms with van der Waals surface area (Å²) in [5.41, 5.74) is 3.19. The van der Waals surface area contributed by atoms with Crippen LogP contribution in [0.3, 0.4) is 0 Å². The van der Waals surface area contributed by atoms with Crippen molar-refractivity contribution in [1.82, 2.24) is 19.6 Å². The summed E-state index contributed by atoms with van der Waals surface area (Å²) in [5, 5.41) is 13.9. The highest BCUT2D eigenvalue weighted by Gasteiger charge is 2.25. The van der Waals surface area contributed by atoms with Gasteiger partial charge in [0.15, 0.2) is 0 Å². The van der Waals surface area contributed by atoms with Gasteiger partial charge in [0.2, 0.25) is 0 Å². The van der Waals surface area contributed by atoms with Crippen molar-refractivity contribution in [2.45, 2.75) is 32.5 Å². The second kappa shape index (κ2) is 7.38. The topological polar surface area (TPSA) is 48.1 Å². The summed E-state index contributed by atoms with van der Waals surface area (Å²) in [7, 11) is 0. The Hall–Kier alpha value is -2.16. The SMILES string of the molecule is N#Cc1ccccc1CN1Cc2ccnn2C[C@@H](CN2CCCC2)C1. The molecule has 0 radical (unpaired) electrons. The quantitative estimate of drug-likeness (QED) is 0.861. The van der Waals surface area contributed by atoms with Gasteiger partial charge in [-0.1, -0.05) is 18.2 Å². The summed E-state index contributed by atoms with van der Waals surface area (Å²) in [6.45, 7) is 7.39. The number of nitrogens with zero attached hydrogens (tertiary/aromatic N) is 5. The molecule has 1 atom stereocenters. The highest BCUT2D eigenvalue weighted by molar-refractivity contribution is 5.37. The fraction of sp³-hybridized carbons (Fsp3) is 0.500. The molecule has 130 valence electrons. The Kier molecular flexibility index (Phi) is 4.82. The van der Waals surface area contributed by atoms with E-state index in [1.807, 2.05) is 24.4 Å². The van der Waals surface area contributed by atoms with Crippen LogP contribution in [-0.2, 0) is 19.6 Å². The maximum atomic E-state index is 9.38. The van der Waals surface area contributed by atoms with E-state index in [-0.39, 0.29) is 0 Å². The molecule has 5 heteroatoms. The van der Waals surface area contributed by atoms with E-state index in [1.165, 1.54) is 31.6 Å². The molecule has 5 nitrogen and oxygen atoms in total. The summed E-state index contributed by atoms with van der Waals surface area (Å²) in [6, 6.07) is 12.4.